The lowest BCUT2D eigenvalue weighted by molar-refractivity contribution is 0.122. The van der Waals surface area contributed by atoms with Crippen molar-refractivity contribution < 1.29 is 17.5 Å². The topological polar surface area (TPSA) is 104 Å². The number of benzene rings is 2. The largest absolute Gasteiger partial charge is 0.378 e. The van der Waals surface area contributed by atoms with E-state index in [4.69, 9.17) is 4.74 Å². The smallest absolute Gasteiger partial charge is 0.260 e. The fraction of sp³-hybridized carbons (Fsp3) is 0.333. The summed E-state index contributed by atoms with van der Waals surface area (Å²) in [6, 6.07) is 8.46. The molecule has 0 saturated carbocycles. The first kappa shape index (κ1) is 21.3. The fourth-order valence-electron chi connectivity index (χ4n) is 3.70. The van der Waals surface area contributed by atoms with Gasteiger partial charge in [-0.2, -0.15) is 0 Å². The Labute approximate surface area is 179 Å². The predicted molar refractivity (Wildman–Crippen MR) is 117 cm³/mol. The molecule has 0 spiro atoms. The summed E-state index contributed by atoms with van der Waals surface area (Å²) in [6.45, 7) is 3.99. The summed E-state index contributed by atoms with van der Waals surface area (Å²) in [5.74, 6) is -0.170. The van der Waals surface area contributed by atoms with Gasteiger partial charge in [0, 0.05) is 24.9 Å². The van der Waals surface area contributed by atoms with Gasteiger partial charge >= 0.3 is 0 Å². The van der Waals surface area contributed by atoms with E-state index in [0.29, 0.717) is 49.0 Å². The van der Waals surface area contributed by atoms with Crippen LogP contribution in [0.1, 0.15) is 18.5 Å². The number of sulfone groups is 1. The summed E-state index contributed by atoms with van der Waals surface area (Å²) < 4.78 is 44.0. The molecule has 1 aliphatic heterocycles. The molecular formula is C21H23FN4O4S. The van der Waals surface area contributed by atoms with Crippen LogP contribution in [0.5, 0.6) is 0 Å². The molecule has 0 radical (unpaired) electrons. The summed E-state index contributed by atoms with van der Waals surface area (Å²) in [6.07, 6.45) is 1.13. The standard InChI is InChI=1S/C21H23FN4O4S/c1-13(23-17-5-3-4-6-18(17)31(2,28)29)15-11-14(22)12-16-19(15)24-21(25-20(16)27)26-7-9-30-10-8-26/h3-6,11-13,23H,7-10H2,1-2H3,(H,24,25,27)/t13-/m1/s1. The number of hydrogen-bond acceptors (Lipinski definition) is 7. The molecule has 2 N–H and O–H groups in total. The molecule has 0 aliphatic carbocycles. The molecule has 10 heteroatoms. The van der Waals surface area contributed by atoms with Crippen molar-refractivity contribution in [3.8, 4) is 0 Å². The second-order valence-electron chi connectivity index (χ2n) is 7.51. The van der Waals surface area contributed by atoms with E-state index in [-0.39, 0.29) is 10.3 Å². The SMILES string of the molecule is C[C@@H](Nc1ccccc1S(C)(=O)=O)c1cc(F)cc2c(=O)[nH]c(N3CCOCC3)nc12. The van der Waals surface area contributed by atoms with Crippen LogP contribution >= 0.6 is 0 Å². The van der Waals surface area contributed by atoms with E-state index in [0.717, 1.165) is 12.3 Å². The number of para-hydroxylation sites is 1. The monoisotopic (exact) mass is 446 g/mol. The van der Waals surface area contributed by atoms with E-state index in [1.54, 1.807) is 25.1 Å². The molecule has 164 valence electrons. The van der Waals surface area contributed by atoms with Gasteiger partial charge in [0.25, 0.3) is 5.56 Å². The van der Waals surface area contributed by atoms with E-state index < -0.39 is 27.3 Å². The van der Waals surface area contributed by atoms with Crippen molar-refractivity contribution >= 4 is 32.4 Å². The third-order valence-electron chi connectivity index (χ3n) is 5.23. The molecule has 3 aromatic rings. The molecule has 0 unspecified atom stereocenters. The van der Waals surface area contributed by atoms with Crippen LogP contribution in [0.25, 0.3) is 10.9 Å². The number of fused-ring (bicyclic) bond motifs is 1. The van der Waals surface area contributed by atoms with Crippen molar-refractivity contribution in [2.45, 2.75) is 17.9 Å². The quantitative estimate of drug-likeness (QED) is 0.620. The third kappa shape index (κ3) is 4.40. The average molecular weight is 447 g/mol. The van der Waals surface area contributed by atoms with Crippen LogP contribution in [0.2, 0.25) is 0 Å². The molecule has 2 aromatic carbocycles. The van der Waals surface area contributed by atoms with Crippen molar-refractivity contribution in [1.82, 2.24) is 9.97 Å². The van der Waals surface area contributed by atoms with E-state index in [1.165, 1.54) is 12.1 Å². The van der Waals surface area contributed by atoms with Gasteiger partial charge in [-0.1, -0.05) is 12.1 Å². The zero-order valence-corrected chi connectivity index (χ0v) is 18.0. The number of aromatic nitrogens is 2. The Bertz CT molecular complexity index is 1290. The van der Waals surface area contributed by atoms with E-state index in [1.807, 2.05) is 4.90 Å². The second kappa shape index (κ2) is 8.27. The first-order valence-electron chi connectivity index (χ1n) is 9.86. The highest BCUT2D eigenvalue weighted by molar-refractivity contribution is 7.90. The van der Waals surface area contributed by atoms with Crippen LogP contribution in [-0.4, -0.2) is 50.9 Å². The number of nitrogens with one attached hydrogen (secondary N) is 2. The maximum absolute atomic E-state index is 14.4. The van der Waals surface area contributed by atoms with Gasteiger partial charge in [-0.15, -0.1) is 0 Å². The number of aromatic amines is 1. The van der Waals surface area contributed by atoms with Crippen molar-refractivity contribution in [3.63, 3.8) is 0 Å². The van der Waals surface area contributed by atoms with Crippen LogP contribution < -0.4 is 15.8 Å². The predicted octanol–water partition coefficient (Wildman–Crippen LogP) is 2.48. The molecule has 2 heterocycles. The summed E-state index contributed by atoms with van der Waals surface area (Å²) in [7, 11) is -3.47. The van der Waals surface area contributed by atoms with Crippen molar-refractivity contribution in [2.24, 2.45) is 0 Å². The number of halogens is 1. The molecule has 0 bridgehead atoms. The zero-order valence-electron chi connectivity index (χ0n) is 17.2. The maximum Gasteiger partial charge on any atom is 0.260 e. The summed E-state index contributed by atoms with van der Waals surface area (Å²) in [5.41, 5.74) is 0.784. The Morgan fingerprint density at radius 1 is 1.23 bits per heavy atom. The van der Waals surface area contributed by atoms with Crippen LogP contribution in [0.3, 0.4) is 0 Å². The first-order valence-corrected chi connectivity index (χ1v) is 11.7. The van der Waals surface area contributed by atoms with Gasteiger partial charge in [0.1, 0.15) is 5.82 Å². The van der Waals surface area contributed by atoms with Gasteiger partial charge in [0.05, 0.1) is 40.7 Å². The zero-order chi connectivity index (χ0) is 22.2. The van der Waals surface area contributed by atoms with Crippen LogP contribution in [0.4, 0.5) is 16.0 Å². The Morgan fingerprint density at radius 2 is 1.94 bits per heavy atom. The molecule has 1 aliphatic rings. The maximum atomic E-state index is 14.4. The lowest BCUT2D eigenvalue weighted by atomic mass is 10.0. The van der Waals surface area contributed by atoms with Crippen molar-refractivity contribution in [3.05, 3.63) is 58.1 Å². The molecule has 8 nitrogen and oxygen atoms in total. The van der Waals surface area contributed by atoms with Gasteiger partial charge < -0.3 is 15.0 Å². The average Bonchev–Trinajstić information content (AvgIpc) is 2.74. The molecule has 1 saturated heterocycles. The minimum absolute atomic E-state index is 0.136. The first-order chi connectivity index (χ1) is 14.7. The number of anilines is 2. The summed E-state index contributed by atoms with van der Waals surface area (Å²) in [4.78, 5) is 22.1. The van der Waals surface area contributed by atoms with Gasteiger partial charge in [0.2, 0.25) is 5.95 Å². The number of nitrogens with zero attached hydrogens (tertiary/aromatic N) is 2. The minimum Gasteiger partial charge on any atom is -0.378 e. The van der Waals surface area contributed by atoms with Crippen molar-refractivity contribution in [1.29, 1.82) is 0 Å². The number of hydrogen-bond donors (Lipinski definition) is 2. The van der Waals surface area contributed by atoms with E-state index >= 15 is 0 Å². The number of ether oxygens (including phenoxy) is 1. The molecule has 1 atom stereocenters. The van der Waals surface area contributed by atoms with Gasteiger partial charge in [-0.25, -0.2) is 17.8 Å². The minimum atomic E-state index is -3.47. The van der Waals surface area contributed by atoms with Crippen LogP contribution in [0, 0.1) is 5.82 Å². The molecule has 31 heavy (non-hydrogen) atoms. The molecular weight excluding hydrogens is 423 g/mol. The number of H-pyrrole nitrogens is 1. The fourth-order valence-corrected chi connectivity index (χ4v) is 4.55. The van der Waals surface area contributed by atoms with E-state index in [2.05, 4.69) is 15.3 Å². The highest BCUT2D eigenvalue weighted by Crippen LogP contribution is 2.29. The molecule has 1 aromatic heterocycles. The normalized spacial score (nSPS) is 15.8. The van der Waals surface area contributed by atoms with Crippen LogP contribution in [-0.2, 0) is 14.6 Å². The molecule has 1 fully saturated rings. The summed E-state index contributed by atoms with van der Waals surface area (Å²) in [5, 5.41) is 3.28. The van der Waals surface area contributed by atoms with Gasteiger partial charge in [-0.3, -0.25) is 9.78 Å². The van der Waals surface area contributed by atoms with E-state index in [9.17, 15) is 17.6 Å². The van der Waals surface area contributed by atoms with Crippen molar-refractivity contribution in [2.75, 3.05) is 42.8 Å². The summed E-state index contributed by atoms with van der Waals surface area (Å²) >= 11 is 0. The van der Waals surface area contributed by atoms with Gasteiger partial charge in [-0.05, 0) is 31.2 Å². The Hall–Kier alpha value is -2.98. The number of rotatable bonds is 5. The second-order valence-corrected chi connectivity index (χ2v) is 9.50. The third-order valence-corrected chi connectivity index (χ3v) is 6.38. The highest BCUT2D eigenvalue weighted by Gasteiger charge is 2.21. The Balaban J connectivity index is 1.80. The molecule has 4 rings (SSSR count). The van der Waals surface area contributed by atoms with Crippen LogP contribution in [0.15, 0.2) is 46.1 Å². The van der Waals surface area contributed by atoms with Gasteiger partial charge in [0.15, 0.2) is 9.84 Å². The lowest BCUT2D eigenvalue weighted by Crippen LogP contribution is -2.38. The molecule has 0 amide bonds. The Morgan fingerprint density at radius 3 is 2.65 bits per heavy atom. The lowest BCUT2D eigenvalue weighted by Gasteiger charge is -2.27. The number of morpholine rings is 1. The Kier molecular flexibility index (Phi) is 5.67. The highest BCUT2D eigenvalue weighted by atomic mass is 32.2.